The third-order valence-electron chi connectivity index (χ3n) is 12.4. The van der Waals surface area contributed by atoms with Crippen molar-refractivity contribution < 1.29 is 13.3 Å². The van der Waals surface area contributed by atoms with Crippen LogP contribution in [0.5, 0.6) is 0 Å². The first-order chi connectivity index (χ1) is 30.7. The predicted octanol–water partition coefficient (Wildman–Crippen LogP) is 14.8. The summed E-state index contributed by atoms with van der Waals surface area (Å²) in [4.78, 5) is 15.9. The van der Waals surface area contributed by atoms with Crippen LogP contribution in [0, 0.1) is 0 Å². The van der Waals surface area contributed by atoms with Crippen LogP contribution in [-0.4, -0.2) is 19.5 Å². The molecule has 0 saturated heterocycles. The Kier molecular flexibility index (Phi) is 6.71. The predicted molar refractivity (Wildman–Crippen MR) is 250 cm³/mol. The van der Waals surface area contributed by atoms with Crippen LogP contribution < -0.4 is 0 Å². The van der Waals surface area contributed by atoms with Gasteiger partial charge >= 0.3 is 0 Å². The van der Waals surface area contributed by atoms with E-state index in [0.717, 1.165) is 115 Å². The largest absolute Gasteiger partial charge is 0.456 e. The van der Waals surface area contributed by atoms with E-state index in [1.54, 1.807) is 0 Å². The molecule has 0 aliphatic carbocycles. The van der Waals surface area contributed by atoms with Crippen molar-refractivity contribution in [2.75, 3.05) is 0 Å². The van der Waals surface area contributed by atoms with Gasteiger partial charge < -0.3 is 17.8 Å². The maximum absolute atomic E-state index is 6.60. The zero-order chi connectivity index (χ0) is 40.5. The number of nitrogens with zero attached hydrogens (tertiary/aromatic N) is 4. The van der Waals surface area contributed by atoms with Crippen molar-refractivity contribution >= 4 is 98.4 Å². The summed E-state index contributed by atoms with van der Waals surface area (Å²) in [5, 5.41) is 10.9. The van der Waals surface area contributed by atoms with Crippen molar-refractivity contribution in [3.63, 3.8) is 0 Å². The molecule has 9 aromatic carbocycles. The molecule has 14 rings (SSSR count). The normalized spacial score (nSPS) is 12.2. The zero-order valence-corrected chi connectivity index (χ0v) is 32.8. The Morgan fingerprint density at radius 2 is 0.774 bits per heavy atom. The summed E-state index contributed by atoms with van der Waals surface area (Å²) in [6.45, 7) is 0. The lowest BCUT2D eigenvalue weighted by Crippen LogP contribution is -2.04. The zero-order valence-electron chi connectivity index (χ0n) is 32.8. The fourth-order valence-electron chi connectivity index (χ4n) is 9.52. The van der Waals surface area contributed by atoms with Gasteiger partial charge in [0.05, 0.1) is 16.7 Å². The van der Waals surface area contributed by atoms with Gasteiger partial charge in [-0.3, -0.25) is 0 Å². The number of aromatic nitrogens is 4. The van der Waals surface area contributed by atoms with Gasteiger partial charge in [-0.25, -0.2) is 15.0 Å². The Hall–Kier alpha value is -8.55. The standard InChI is InChI=1S/C55H30N4O3/c1-2-12-32-26-45-41(25-31(32)11-1)35-13-3-7-17-44(35)59(45)46-29-42-38-16-6-10-20-49(38)62-52(42)30-43(46)55-57-53(33-21-23-39-36-14-4-8-18-47(36)60-50(39)27-33)56-54(58-55)34-22-24-40-37-15-5-9-19-48(37)61-51(40)28-34/h1-30H. The maximum Gasteiger partial charge on any atom is 0.166 e. The van der Waals surface area contributed by atoms with E-state index in [-0.39, 0.29) is 0 Å². The number of benzene rings is 9. The van der Waals surface area contributed by atoms with Crippen molar-refractivity contribution in [1.82, 2.24) is 19.5 Å². The Balaban J connectivity index is 1.08. The molecule has 62 heavy (non-hydrogen) atoms. The van der Waals surface area contributed by atoms with E-state index in [1.165, 1.54) is 5.39 Å². The second-order valence-electron chi connectivity index (χ2n) is 16.0. The van der Waals surface area contributed by atoms with Gasteiger partial charge in [-0.2, -0.15) is 0 Å². The molecule has 0 aliphatic rings. The summed E-state index contributed by atoms with van der Waals surface area (Å²) >= 11 is 0. The number of fused-ring (bicyclic) bond motifs is 13. The average molecular weight is 795 g/mol. The van der Waals surface area contributed by atoms with Gasteiger partial charge in [0.25, 0.3) is 0 Å². The highest BCUT2D eigenvalue weighted by atomic mass is 16.3. The van der Waals surface area contributed by atoms with Crippen molar-refractivity contribution in [3.05, 3.63) is 182 Å². The molecule has 7 nitrogen and oxygen atoms in total. The van der Waals surface area contributed by atoms with Crippen LogP contribution in [0.4, 0.5) is 0 Å². The summed E-state index contributed by atoms with van der Waals surface area (Å²) in [6.07, 6.45) is 0. The summed E-state index contributed by atoms with van der Waals surface area (Å²) in [5.74, 6) is 1.53. The number of para-hydroxylation sites is 4. The van der Waals surface area contributed by atoms with Crippen molar-refractivity contribution in [2.45, 2.75) is 0 Å². The van der Waals surface area contributed by atoms with E-state index in [2.05, 4.69) is 126 Å². The highest BCUT2D eigenvalue weighted by molar-refractivity contribution is 6.15. The SMILES string of the molecule is c1ccc2cc3c(cc2c1)c1ccccc1n3-c1cc2c(cc1-c1nc(-c3ccc4c(c3)oc3ccccc34)nc(-c3ccc4c(c3)oc3ccccc34)n1)oc1ccccc12. The molecular formula is C55H30N4O3. The first-order valence-electron chi connectivity index (χ1n) is 20.7. The molecule has 0 atom stereocenters. The monoisotopic (exact) mass is 794 g/mol. The fourth-order valence-corrected chi connectivity index (χ4v) is 9.52. The van der Waals surface area contributed by atoms with E-state index in [9.17, 15) is 0 Å². The second-order valence-corrected chi connectivity index (χ2v) is 16.0. The first-order valence-corrected chi connectivity index (χ1v) is 20.7. The molecule has 14 aromatic rings. The molecule has 0 unspecified atom stereocenters. The third-order valence-corrected chi connectivity index (χ3v) is 12.4. The van der Waals surface area contributed by atoms with Crippen LogP contribution >= 0.6 is 0 Å². The third kappa shape index (κ3) is 4.84. The molecule has 0 N–H and O–H groups in total. The van der Waals surface area contributed by atoms with Crippen molar-refractivity contribution in [3.8, 4) is 39.9 Å². The van der Waals surface area contributed by atoms with Crippen LogP contribution in [0.1, 0.15) is 0 Å². The average Bonchev–Trinajstić information content (AvgIpc) is 4.08. The smallest absolute Gasteiger partial charge is 0.166 e. The molecule has 0 radical (unpaired) electrons. The molecule has 0 saturated carbocycles. The minimum Gasteiger partial charge on any atom is -0.456 e. The van der Waals surface area contributed by atoms with Gasteiger partial charge in [-0.05, 0) is 83.6 Å². The number of hydrogen-bond donors (Lipinski definition) is 0. The Bertz CT molecular complexity index is 4060. The minimum absolute atomic E-state index is 0.503. The molecule has 5 aromatic heterocycles. The number of hydrogen-bond acceptors (Lipinski definition) is 6. The van der Waals surface area contributed by atoms with Gasteiger partial charge in [-0.1, -0.05) is 109 Å². The highest BCUT2D eigenvalue weighted by Crippen LogP contribution is 2.42. The maximum atomic E-state index is 6.60. The van der Waals surface area contributed by atoms with Crippen LogP contribution in [0.2, 0.25) is 0 Å². The molecule has 0 aliphatic heterocycles. The lowest BCUT2D eigenvalue weighted by atomic mass is 10.0. The molecule has 288 valence electrons. The Labute approximate surface area is 351 Å². The molecule has 0 spiro atoms. The number of rotatable bonds is 4. The van der Waals surface area contributed by atoms with Gasteiger partial charge in [0, 0.05) is 59.8 Å². The van der Waals surface area contributed by atoms with Crippen LogP contribution in [0.15, 0.2) is 195 Å². The number of furan rings is 3. The summed E-state index contributed by atoms with van der Waals surface area (Å²) < 4.78 is 21.7. The molecule has 0 amide bonds. The lowest BCUT2D eigenvalue weighted by molar-refractivity contribution is 0.668. The molecule has 7 heteroatoms. The summed E-state index contributed by atoms with van der Waals surface area (Å²) in [7, 11) is 0. The summed E-state index contributed by atoms with van der Waals surface area (Å²) in [5.41, 5.74) is 10.2. The highest BCUT2D eigenvalue weighted by Gasteiger charge is 2.23. The Morgan fingerprint density at radius 1 is 0.306 bits per heavy atom. The Morgan fingerprint density at radius 3 is 1.39 bits per heavy atom. The van der Waals surface area contributed by atoms with Crippen molar-refractivity contribution in [2.24, 2.45) is 0 Å². The lowest BCUT2D eigenvalue weighted by Gasteiger charge is -2.15. The van der Waals surface area contributed by atoms with E-state index in [1.807, 2.05) is 60.7 Å². The van der Waals surface area contributed by atoms with Crippen LogP contribution in [0.25, 0.3) is 138 Å². The minimum atomic E-state index is 0.503. The molecular weight excluding hydrogens is 765 g/mol. The van der Waals surface area contributed by atoms with Gasteiger partial charge in [0.1, 0.15) is 33.5 Å². The van der Waals surface area contributed by atoms with E-state index in [0.29, 0.717) is 17.5 Å². The van der Waals surface area contributed by atoms with Gasteiger partial charge in [-0.15, -0.1) is 0 Å². The van der Waals surface area contributed by atoms with E-state index in [4.69, 9.17) is 28.2 Å². The second kappa shape index (κ2) is 12.5. The van der Waals surface area contributed by atoms with E-state index >= 15 is 0 Å². The topological polar surface area (TPSA) is 83.0 Å². The molecule has 0 fully saturated rings. The fraction of sp³-hybridized carbons (Fsp3) is 0. The molecule has 0 bridgehead atoms. The van der Waals surface area contributed by atoms with Gasteiger partial charge in [0.15, 0.2) is 17.5 Å². The quantitative estimate of drug-likeness (QED) is 0.176. The molecule has 5 heterocycles. The van der Waals surface area contributed by atoms with Gasteiger partial charge in [0.2, 0.25) is 0 Å². The summed E-state index contributed by atoms with van der Waals surface area (Å²) in [6, 6.07) is 62.9. The van der Waals surface area contributed by atoms with Crippen LogP contribution in [0.3, 0.4) is 0 Å². The van der Waals surface area contributed by atoms with Crippen molar-refractivity contribution in [1.29, 1.82) is 0 Å². The van der Waals surface area contributed by atoms with Crippen LogP contribution in [-0.2, 0) is 0 Å². The van der Waals surface area contributed by atoms with E-state index < -0.39 is 0 Å². The first kappa shape index (κ1) is 33.3.